The molecule has 0 atom stereocenters. The van der Waals surface area contributed by atoms with Crippen LogP contribution in [0.25, 0.3) is 0 Å². The normalized spacial score (nSPS) is 16.2. The highest BCUT2D eigenvalue weighted by Gasteiger charge is 2.17. The molecular formula is C15H22FN. The zero-order chi connectivity index (χ0) is 13.2. The van der Waals surface area contributed by atoms with E-state index in [-0.39, 0.29) is 5.83 Å². The van der Waals surface area contributed by atoms with Gasteiger partial charge in [0, 0.05) is 18.9 Å². The summed E-state index contributed by atoms with van der Waals surface area (Å²) in [5.41, 5.74) is 4.64. The molecule has 0 aromatic rings. The van der Waals surface area contributed by atoms with Crippen molar-refractivity contribution in [2.45, 2.75) is 34.6 Å². The van der Waals surface area contributed by atoms with E-state index in [9.17, 15) is 4.39 Å². The van der Waals surface area contributed by atoms with E-state index in [1.165, 1.54) is 17.2 Å². The van der Waals surface area contributed by atoms with Crippen LogP contribution in [0.15, 0.2) is 46.6 Å². The van der Waals surface area contributed by atoms with Gasteiger partial charge >= 0.3 is 0 Å². The third-order valence-corrected chi connectivity index (χ3v) is 3.10. The molecule has 0 radical (unpaired) electrons. The maximum Gasteiger partial charge on any atom is 0.125 e. The molecule has 1 rings (SSSR count). The molecule has 17 heavy (non-hydrogen) atoms. The van der Waals surface area contributed by atoms with Gasteiger partial charge in [0.05, 0.1) is 0 Å². The van der Waals surface area contributed by atoms with Crippen molar-refractivity contribution < 1.29 is 4.39 Å². The number of nitrogens with zero attached hydrogens (tertiary/aromatic N) is 1. The minimum Gasteiger partial charge on any atom is -0.351 e. The second kappa shape index (κ2) is 5.35. The highest BCUT2D eigenvalue weighted by molar-refractivity contribution is 5.45. The Morgan fingerprint density at radius 1 is 1.24 bits per heavy atom. The summed E-state index contributed by atoms with van der Waals surface area (Å²) < 4.78 is 13.6. The van der Waals surface area contributed by atoms with Gasteiger partial charge < -0.3 is 4.90 Å². The molecule has 0 N–H and O–H groups in total. The number of hydrogen-bond acceptors (Lipinski definition) is 1. The Kier molecular flexibility index (Phi) is 4.33. The highest BCUT2D eigenvalue weighted by Crippen LogP contribution is 2.30. The summed E-state index contributed by atoms with van der Waals surface area (Å²) in [4.78, 5) is 2.00. The van der Waals surface area contributed by atoms with Crippen LogP contribution >= 0.6 is 0 Å². The zero-order valence-corrected chi connectivity index (χ0v) is 11.6. The Balaban J connectivity index is 3.47. The van der Waals surface area contributed by atoms with E-state index in [2.05, 4.69) is 34.6 Å². The van der Waals surface area contributed by atoms with Crippen LogP contribution in [0.3, 0.4) is 0 Å². The van der Waals surface area contributed by atoms with Crippen LogP contribution in [0.2, 0.25) is 0 Å². The van der Waals surface area contributed by atoms with E-state index in [1.807, 2.05) is 11.9 Å². The minimum absolute atomic E-state index is 0.183. The highest BCUT2D eigenvalue weighted by atomic mass is 19.1. The summed E-state index contributed by atoms with van der Waals surface area (Å²) in [5, 5.41) is 0. The van der Waals surface area contributed by atoms with Crippen molar-refractivity contribution in [2.24, 2.45) is 5.92 Å². The molecule has 94 valence electrons. The maximum atomic E-state index is 13.6. The van der Waals surface area contributed by atoms with Gasteiger partial charge in [-0.05, 0) is 50.0 Å². The Hall–Kier alpha value is -1.31. The van der Waals surface area contributed by atoms with Crippen LogP contribution in [-0.4, -0.2) is 11.9 Å². The van der Waals surface area contributed by atoms with Gasteiger partial charge in [0.1, 0.15) is 5.83 Å². The first-order valence-electron chi connectivity index (χ1n) is 6.01. The van der Waals surface area contributed by atoms with Crippen LogP contribution in [0.5, 0.6) is 0 Å². The van der Waals surface area contributed by atoms with Gasteiger partial charge in [-0.2, -0.15) is 0 Å². The van der Waals surface area contributed by atoms with E-state index in [1.54, 1.807) is 12.3 Å². The van der Waals surface area contributed by atoms with Gasteiger partial charge in [0.15, 0.2) is 0 Å². The largest absolute Gasteiger partial charge is 0.351 e. The molecule has 1 nitrogen and oxygen atoms in total. The Bertz CT molecular complexity index is 418. The van der Waals surface area contributed by atoms with E-state index in [4.69, 9.17) is 0 Å². The maximum absolute atomic E-state index is 13.6. The van der Waals surface area contributed by atoms with E-state index in [0.29, 0.717) is 5.92 Å². The topological polar surface area (TPSA) is 3.24 Å². The van der Waals surface area contributed by atoms with Crippen LogP contribution in [0, 0.1) is 5.92 Å². The third-order valence-electron chi connectivity index (χ3n) is 3.10. The van der Waals surface area contributed by atoms with Crippen molar-refractivity contribution in [2.75, 3.05) is 7.05 Å². The summed E-state index contributed by atoms with van der Waals surface area (Å²) in [5.74, 6) is 0.115. The van der Waals surface area contributed by atoms with Crippen LogP contribution in [-0.2, 0) is 0 Å². The molecule has 0 spiro atoms. The molecule has 0 aromatic carbocycles. The van der Waals surface area contributed by atoms with Gasteiger partial charge in [-0.25, -0.2) is 4.39 Å². The molecule has 0 bridgehead atoms. The van der Waals surface area contributed by atoms with Gasteiger partial charge in [0.25, 0.3) is 0 Å². The quantitative estimate of drug-likeness (QED) is 0.678. The monoisotopic (exact) mass is 235 g/mol. The average molecular weight is 235 g/mol. The van der Waals surface area contributed by atoms with Crippen molar-refractivity contribution in [3.05, 3.63) is 46.6 Å². The Morgan fingerprint density at radius 2 is 1.82 bits per heavy atom. The SMILES string of the molecule is CC(C)=C(C)C1=C(C(C)C)C=C(F)C=CN1C. The number of likely N-dealkylation sites (N-methyl/N-ethyl adjacent to an activating group) is 1. The summed E-state index contributed by atoms with van der Waals surface area (Å²) >= 11 is 0. The molecule has 0 aromatic heterocycles. The lowest BCUT2D eigenvalue weighted by Crippen LogP contribution is -2.15. The fourth-order valence-corrected chi connectivity index (χ4v) is 1.88. The summed E-state index contributed by atoms with van der Waals surface area (Å²) in [7, 11) is 1.97. The fraction of sp³-hybridized carbons (Fsp3) is 0.467. The predicted octanol–water partition coefficient (Wildman–Crippen LogP) is 4.57. The van der Waals surface area contributed by atoms with Gasteiger partial charge in [0.2, 0.25) is 0 Å². The van der Waals surface area contributed by atoms with Crippen LogP contribution in [0.1, 0.15) is 34.6 Å². The van der Waals surface area contributed by atoms with Gasteiger partial charge in [-0.1, -0.05) is 19.4 Å². The second-order valence-electron chi connectivity index (χ2n) is 5.04. The van der Waals surface area contributed by atoms with Gasteiger partial charge in [-0.3, -0.25) is 0 Å². The van der Waals surface area contributed by atoms with Crippen molar-refractivity contribution >= 4 is 0 Å². The summed E-state index contributed by atoms with van der Waals surface area (Å²) in [6.07, 6.45) is 4.93. The molecule has 0 fully saturated rings. The standard InChI is InChI=1S/C15H22FN/c1-10(2)12(5)15-14(11(3)4)9-13(16)7-8-17(15)6/h7-9,11H,1-6H3. The first-order valence-corrected chi connectivity index (χ1v) is 6.01. The Labute approximate surface area is 104 Å². The zero-order valence-electron chi connectivity index (χ0n) is 11.6. The van der Waals surface area contributed by atoms with Crippen LogP contribution < -0.4 is 0 Å². The lowest BCUT2D eigenvalue weighted by molar-refractivity contribution is 0.558. The smallest absolute Gasteiger partial charge is 0.125 e. The van der Waals surface area contributed by atoms with E-state index in [0.717, 1.165) is 11.3 Å². The average Bonchev–Trinajstić information content (AvgIpc) is 2.38. The van der Waals surface area contributed by atoms with E-state index < -0.39 is 0 Å². The molecule has 0 aliphatic carbocycles. The molecule has 2 heteroatoms. The molecule has 0 unspecified atom stereocenters. The predicted molar refractivity (Wildman–Crippen MR) is 72.0 cm³/mol. The summed E-state index contributed by atoms with van der Waals surface area (Å²) in [6, 6.07) is 0. The minimum atomic E-state index is -0.183. The lowest BCUT2D eigenvalue weighted by atomic mass is 9.95. The number of rotatable bonds is 2. The molecule has 0 saturated carbocycles. The molecular weight excluding hydrogens is 213 g/mol. The van der Waals surface area contributed by atoms with Gasteiger partial charge in [-0.15, -0.1) is 0 Å². The molecule has 0 saturated heterocycles. The fourth-order valence-electron chi connectivity index (χ4n) is 1.88. The summed E-state index contributed by atoms with van der Waals surface area (Å²) in [6.45, 7) is 10.5. The third kappa shape index (κ3) is 3.09. The second-order valence-corrected chi connectivity index (χ2v) is 5.04. The molecule has 1 aliphatic heterocycles. The molecule has 1 aliphatic rings. The molecule has 0 amide bonds. The first kappa shape index (κ1) is 13.8. The number of allylic oxidation sites excluding steroid dienone is 6. The first-order chi connectivity index (χ1) is 7.84. The van der Waals surface area contributed by atoms with Crippen LogP contribution in [0.4, 0.5) is 4.39 Å². The number of halogens is 1. The van der Waals surface area contributed by atoms with Crippen molar-refractivity contribution in [1.82, 2.24) is 4.90 Å². The lowest BCUT2D eigenvalue weighted by Gasteiger charge is -2.24. The van der Waals surface area contributed by atoms with Crippen molar-refractivity contribution in [3.63, 3.8) is 0 Å². The van der Waals surface area contributed by atoms with Crippen molar-refractivity contribution in [1.29, 1.82) is 0 Å². The van der Waals surface area contributed by atoms with E-state index >= 15 is 0 Å². The Morgan fingerprint density at radius 3 is 2.29 bits per heavy atom. The van der Waals surface area contributed by atoms with Crippen molar-refractivity contribution in [3.8, 4) is 0 Å². The number of hydrogen-bond donors (Lipinski definition) is 0. The molecule has 1 heterocycles.